The largest absolute Gasteiger partial charge is 0.497 e. The predicted molar refractivity (Wildman–Crippen MR) is 128 cm³/mol. The quantitative estimate of drug-likeness (QED) is 0.304. The first kappa shape index (κ1) is 22.3. The molecule has 0 amide bonds. The maximum Gasteiger partial charge on any atom is 0.216 e. The number of rotatable bonds is 11. The van der Waals surface area contributed by atoms with Crippen LogP contribution in [-0.4, -0.2) is 25.8 Å². The molecule has 1 aromatic heterocycles. The summed E-state index contributed by atoms with van der Waals surface area (Å²) < 4.78 is 22.7. The zero-order valence-electron chi connectivity index (χ0n) is 18.9. The van der Waals surface area contributed by atoms with Crippen LogP contribution >= 0.6 is 0 Å². The van der Waals surface area contributed by atoms with E-state index in [0.29, 0.717) is 37.9 Å². The summed E-state index contributed by atoms with van der Waals surface area (Å²) in [7, 11) is 3.35. The highest BCUT2D eigenvalue weighted by Crippen LogP contribution is 2.24. The second-order valence-electron chi connectivity index (χ2n) is 7.56. The summed E-state index contributed by atoms with van der Waals surface area (Å²) in [5, 5.41) is 0. The van der Waals surface area contributed by atoms with Crippen LogP contribution in [0.3, 0.4) is 0 Å². The fourth-order valence-electron chi connectivity index (χ4n) is 3.53. The molecule has 0 unspecified atom stereocenters. The van der Waals surface area contributed by atoms with Crippen LogP contribution in [0.5, 0.6) is 17.2 Å². The van der Waals surface area contributed by atoms with Gasteiger partial charge in [0.05, 0.1) is 33.4 Å². The van der Waals surface area contributed by atoms with E-state index in [1.54, 1.807) is 20.4 Å². The highest BCUT2D eigenvalue weighted by Gasteiger charge is 2.15. The van der Waals surface area contributed by atoms with Gasteiger partial charge in [0.25, 0.3) is 0 Å². The van der Waals surface area contributed by atoms with Crippen molar-refractivity contribution in [3.05, 3.63) is 102 Å². The number of ether oxygens (including phenoxy) is 3. The van der Waals surface area contributed by atoms with Gasteiger partial charge in [-0.1, -0.05) is 42.5 Å². The first-order chi connectivity index (χ1) is 16.2. The molecule has 170 valence electrons. The van der Waals surface area contributed by atoms with Crippen molar-refractivity contribution in [2.75, 3.05) is 25.7 Å². The smallest absolute Gasteiger partial charge is 0.216 e. The van der Waals surface area contributed by atoms with E-state index >= 15 is 0 Å². The molecular weight excluding hydrogens is 416 g/mol. The molecule has 0 radical (unpaired) electrons. The van der Waals surface area contributed by atoms with E-state index in [0.717, 1.165) is 28.4 Å². The third kappa shape index (κ3) is 6.29. The average molecular weight is 445 g/mol. The molecule has 1 heterocycles. The maximum absolute atomic E-state index is 6.11. The first-order valence-corrected chi connectivity index (χ1v) is 10.9. The Balaban J connectivity index is 1.49. The Kier molecular flexibility index (Phi) is 7.48. The normalized spacial score (nSPS) is 10.6. The number of methoxy groups -OCH3 is 2. The monoisotopic (exact) mass is 444 g/mol. The summed E-state index contributed by atoms with van der Waals surface area (Å²) in [5.41, 5.74) is 2.23. The number of benzene rings is 3. The van der Waals surface area contributed by atoms with Crippen molar-refractivity contribution in [1.29, 1.82) is 0 Å². The van der Waals surface area contributed by atoms with Crippen LogP contribution in [0.2, 0.25) is 0 Å². The van der Waals surface area contributed by atoms with Gasteiger partial charge in [-0.25, -0.2) is 4.98 Å². The third-order valence-corrected chi connectivity index (χ3v) is 5.20. The van der Waals surface area contributed by atoms with E-state index in [4.69, 9.17) is 18.6 Å². The van der Waals surface area contributed by atoms with Crippen LogP contribution < -0.4 is 19.1 Å². The van der Waals surface area contributed by atoms with E-state index < -0.39 is 0 Å². The van der Waals surface area contributed by atoms with Gasteiger partial charge in [0.1, 0.15) is 17.2 Å². The topological polar surface area (TPSA) is 57.0 Å². The second kappa shape index (κ2) is 11.1. The minimum atomic E-state index is 0.496. The van der Waals surface area contributed by atoms with Crippen molar-refractivity contribution in [1.82, 2.24) is 4.98 Å². The lowest BCUT2D eigenvalue weighted by molar-refractivity contribution is 0.306. The predicted octanol–water partition coefficient (Wildman–Crippen LogP) is 5.52. The number of para-hydroxylation sites is 1. The van der Waals surface area contributed by atoms with Gasteiger partial charge in [-0.05, 0) is 47.5 Å². The van der Waals surface area contributed by atoms with Crippen LogP contribution in [0.1, 0.15) is 17.0 Å². The summed E-state index contributed by atoms with van der Waals surface area (Å²) in [6, 6.07) is 25.8. The molecule has 3 aromatic carbocycles. The molecule has 4 rings (SSSR count). The van der Waals surface area contributed by atoms with Gasteiger partial charge < -0.3 is 23.5 Å². The summed E-state index contributed by atoms with van der Waals surface area (Å²) in [6.45, 7) is 1.78. The Labute approximate surface area is 194 Å². The van der Waals surface area contributed by atoms with Crippen LogP contribution in [0.15, 0.2) is 89.5 Å². The third-order valence-electron chi connectivity index (χ3n) is 5.20. The number of nitrogens with zero attached hydrogens (tertiary/aromatic N) is 2. The lowest BCUT2D eigenvalue weighted by atomic mass is 10.1. The summed E-state index contributed by atoms with van der Waals surface area (Å²) in [4.78, 5) is 6.63. The van der Waals surface area contributed by atoms with Crippen molar-refractivity contribution < 1.29 is 18.6 Å². The van der Waals surface area contributed by atoms with Gasteiger partial charge >= 0.3 is 0 Å². The lowest BCUT2D eigenvalue weighted by Gasteiger charge is -2.22. The lowest BCUT2D eigenvalue weighted by Crippen LogP contribution is -2.21. The summed E-state index contributed by atoms with van der Waals surface area (Å²) in [5.74, 6) is 3.83. The Morgan fingerprint density at radius 1 is 0.758 bits per heavy atom. The SMILES string of the molecule is COc1cccc(CN(Cc2cccc(OC)c2)c2cnc(CCOc3ccccc3)o2)c1. The van der Waals surface area contributed by atoms with Crippen LogP contribution in [0.25, 0.3) is 0 Å². The summed E-state index contributed by atoms with van der Waals surface area (Å²) in [6.07, 6.45) is 2.36. The van der Waals surface area contributed by atoms with Crippen LogP contribution in [0, 0.1) is 0 Å². The Morgan fingerprint density at radius 2 is 1.36 bits per heavy atom. The molecule has 0 aliphatic carbocycles. The highest BCUT2D eigenvalue weighted by atomic mass is 16.5. The number of aromatic nitrogens is 1. The van der Waals surface area contributed by atoms with Crippen molar-refractivity contribution in [3.63, 3.8) is 0 Å². The van der Waals surface area contributed by atoms with Gasteiger partial charge in [0, 0.05) is 13.1 Å². The summed E-state index contributed by atoms with van der Waals surface area (Å²) >= 11 is 0. The second-order valence-corrected chi connectivity index (χ2v) is 7.56. The standard InChI is InChI=1S/C27H28N2O4/c1-30-24-12-6-8-21(16-24)19-29(20-22-9-7-13-25(17-22)31-2)27-18-28-26(33-27)14-15-32-23-10-4-3-5-11-23/h3-13,16-18H,14-15,19-20H2,1-2H3. The molecule has 0 fully saturated rings. The van der Waals surface area contributed by atoms with Gasteiger partial charge in [-0.2, -0.15) is 0 Å². The molecule has 0 bridgehead atoms. The molecule has 6 nitrogen and oxygen atoms in total. The minimum absolute atomic E-state index is 0.496. The highest BCUT2D eigenvalue weighted by molar-refractivity contribution is 5.40. The zero-order valence-corrected chi connectivity index (χ0v) is 18.9. The van der Waals surface area contributed by atoms with Crippen molar-refractivity contribution in [2.24, 2.45) is 0 Å². The van der Waals surface area contributed by atoms with Crippen LogP contribution in [-0.2, 0) is 19.5 Å². The van der Waals surface area contributed by atoms with E-state index in [1.807, 2.05) is 66.7 Å². The molecule has 0 atom stereocenters. The van der Waals surface area contributed by atoms with Gasteiger partial charge in [-0.15, -0.1) is 0 Å². The van der Waals surface area contributed by atoms with Gasteiger partial charge in [0.2, 0.25) is 5.88 Å². The fourth-order valence-corrected chi connectivity index (χ4v) is 3.53. The number of hydrogen-bond donors (Lipinski definition) is 0. The molecule has 4 aromatic rings. The van der Waals surface area contributed by atoms with Crippen molar-refractivity contribution in [3.8, 4) is 17.2 Å². The molecule has 0 aliphatic heterocycles. The van der Waals surface area contributed by atoms with E-state index in [9.17, 15) is 0 Å². The van der Waals surface area contributed by atoms with Gasteiger partial charge in [0.15, 0.2) is 5.89 Å². The number of anilines is 1. The van der Waals surface area contributed by atoms with Crippen molar-refractivity contribution >= 4 is 5.88 Å². The van der Waals surface area contributed by atoms with Crippen LogP contribution in [0.4, 0.5) is 5.88 Å². The first-order valence-electron chi connectivity index (χ1n) is 10.9. The number of oxazole rings is 1. The van der Waals surface area contributed by atoms with E-state index in [-0.39, 0.29) is 0 Å². The molecule has 0 N–H and O–H groups in total. The fraction of sp³-hybridized carbons (Fsp3) is 0.222. The molecule has 33 heavy (non-hydrogen) atoms. The molecular formula is C27H28N2O4. The van der Waals surface area contributed by atoms with Crippen molar-refractivity contribution in [2.45, 2.75) is 19.5 Å². The Bertz CT molecular complexity index is 1090. The number of hydrogen-bond acceptors (Lipinski definition) is 6. The van der Waals surface area contributed by atoms with E-state index in [1.165, 1.54) is 0 Å². The molecule has 0 aliphatic rings. The molecule has 6 heteroatoms. The maximum atomic E-state index is 6.11. The Morgan fingerprint density at radius 3 is 1.97 bits per heavy atom. The molecule has 0 spiro atoms. The average Bonchev–Trinajstić information content (AvgIpc) is 3.33. The Hall–Kier alpha value is -3.93. The minimum Gasteiger partial charge on any atom is -0.497 e. The zero-order chi connectivity index (χ0) is 22.9. The molecule has 0 saturated heterocycles. The van der Waals surface area contributed by atoms with Gasteiger partial charge in [-0.3, -0.25) is 0 Å². The molecule has 0 saturated carbocycles. The van der Waals surface area contributed by atoms with E-state index in [2.05, 4.69) is 22.0 Å².